The Morgan fingerprint density at radius 1 is 1.11 bits per heavy atom. The lowest BCUT2D eigenvalue weighted by Gasteiger charge is -2.43. The Bertz CT molecular complexity index is 1350. The molecule has 186 valence electrons. The van der Waals surface area contributed by atoms with Gasteiger partial charge in [0.25, 0.3) is 11.5 Å². The van der Waals surface area contributed by atoms with Crippen molar-refractivity contribution in [3.63, 3.8) is 0 Å². The van der Waals surface area contributed by atoms with E-state index in [2.05, 4.69) is 27.6 Å². The molecule has 1 amide bonds. The van der Waals surface area contributed by atoms with Crippen LogP contribution in [0.5, 0.6) is 5.75 Å². The number of rotatable bonds is 7. The van der Waals surface area contributed by atoms with Crippen LogP contribution in [0.1, 0.15) is 52.0 Å². The van der Waals surface area contributed by atoms with E-state index in [-0.39, 0.29) is 11.5 Å². The molecule has 7 heteroatoms. The number of ether oxygens (including phenoxy) is 1. The van der Waals surface area contributed by atoms with E-state index in [0.717, 1.165) is 60.7 Å². The summed E-state index contributed by atoms with van der Waals surface area (Å²) in [4.78, 5) is 27.3. The van der Waals surface area contributed by atoms with E-state index in [9.17, 15) is 9.59 Å². The van der Waals surface area contributed by atoms with Crippen LogP contribution in [0.15, 0.2) is 70.6 Å². The van der Waals surface area contributed by atoms with Crippen molar-refractivity contribution in [2.24, 2.45) is 11.0 Å². The SMILES string of the molecule is CCOc1ccc(C=NNC(=O)c2ccccc2C)cc1CN1CC2CC(C1)c1cccc(=O)n1C2. The Kier molecular flexibility index (Phi) is 7.00. The Morgan fingerprint density at radius 3 is 2.81 bits per heavy atom. The minimum absolute atomic E-state index is 0.107. The summed E-state index contributed by atoms with van der Waals surface area (Å²) in [5.74, 6) is 1.47. The standard InChI is InChI=1S/C29H32N4O3/c1-3-36-27-12-11-21(15-30-31-29(35)25-8-5-4-7-20(25)2)13-24(27)19-32-16-22-14-23(18-32)26-9-6-10-28(34)33(26)17-22/h4-13,15,22-23H,3,14,16-19H2,1-2H3,(H,31,35). The highest BCUT2D eigenvalue weighted by molar-refractivity contribution is 5.96. The van der Waals surface area contributed by atoms with Crippen LogP contribution in [-0.2, 0) is 13.1 Å². The van der Waals surface area contributed by atoms with E-state index >= 15 is 0 Å². The first-order valence-corrected chi connectivity index (χ1v) is 12.6. The van der Waals surface area contributed by atoms with Crippen LogP contribution in [0.4, 0.5) is 0 Å². The molecule has 1 aromatic heterocycles. The van der Waals surface area contributed by atoms with E-state index < -0.39 is 0 Å². The topological polar surface area (TPSA) is 75.9 Å². The number of nitrogens with zero attached hydrogens (tertiary/aromatic N) is 3. The van der Waals surface area contributed by atoms with Gasteiger partial charge in [-0.3, -0.25) is 14.5 Å². The molecule has 2 bridgehead atoms. The van der Waals surface area contributed by atoms with Gasteiger partial charge in [-0.2, -0.15) is 5.10 Å². The molecule has 3 heterocycles. The largest absolute Gasteiger partial charge is 0.494 e. The third kappa shape index (κ3) is 5.11. The summed E-state index contributed by atoms with van der Waals surface area (Å²) in [5.41, 5.74) is 7.40. The van der Waals surface area contributed by atoms with Gasteiger partial charge in [0.05, 0.1) is 12.8 Å². The molecule has 2 unspecified atom stereocenters. The number of benzene rings is 2. The molecule has 5 rings (SSSR count). The molecule has 1 fully saturated rings. The molecule has 1 N–H and O–H groups in total. The number of hydrazone groups is 1. The fourth-order valence-electron chi connectivity index (χ4n) is 5.52. The van der Waals surface area contributed by atoms with E-state index in [4.69, 9.17) is 4.74 Å². The van der Waals surface area contributed by atoms with Gasteiger partial charge >= 0.3 is 0 Å². The van der Waals surface area contributed by atoms with E-state index in [0.29, 0.717) is 24.0 Å². The average Bonchev–Trinajstić information content (AvgIpc) is 2.86. The molecule has 3 aromatic rings. The first kappa shape index (κ1) is 24.0. The van der Waals surface area contributed by atoms with Gasteiger partial charge in [0.2, 0.25) is 0 Å². The van der Waals surface area contributed by atoms with Crippen molar-refractivity contribution in [2.75, 3.05) is 19.7 Å². The lowest BCUT2D eigenvalue weighted by atomic mass is 9.83. The lowest BCUT2D eigenvalue weighted by Crippen LogP contribution is -2.46. The third-order valence-electron chi connectivity index (χ3n) is 7.10. The zero-order valence-electron chi connectivity index (χ0n) is 20.8. The molecule has 1 saturated heterocycles. The second-order valence-electron chi connectivity index (χ2n) is 9.71. The summed E-state index contributed by atoms with van der Waals surface area (Å²) in [5, 5.41) is 4.19. The molecule has 2 aliphatic rings. The fourth-order valence-corrected chi connectivity index (χ4v) is 5.52. The van der Waals surface area contributed by atoms with Crippen LogP contribution >= 0.6 is 0 Å². The van der Waals surface area contributed by atoms with Gasteiger partial charge in [0, 0.05) is 55.0 Å². The number of amides is 1. The monoisotopic (exact) mass is 484 g/mol. The minimum Gasteiger partial charge on any atom is -0.494 e. The van der Waals surface area contributed by atoms with Crippen molar-refractivity contribution in [3.8, 4) is 5.75 Å². The Balaban J connectivity index is 1.31. The average molecular weight is 485 g/mol. The summed E-state index contributed by atoms with van der Waals surface area (Å²) in [7, 11) is 0. The maximum atomic E-state index is 12.5. The number of nitrogens with one attached hydrogen (secondary N) is 1. The predicted molar refractivity (Wildman–Crippen MR) is 141 cm³/mol. The normalized spacial score (nSPS) is 19.2. The zero-order valence-corrected chi connectivity index (χ0v) is 20.8. The quantitative estimate of drug-likeness (QED) is 0.407. The molecule has 0 saturated carbocycles. The summed E-state index contributed by atoms with van der Waals surface area (Å²) in [6.45, 7) is 7.89. The number of carbonyl (C=O) groups excluding carboxylic acids is 1. The highest BCUT2D eigenvalue weighted by Crippen LogP contribution is 2.36. The maximum absolute atomic E-state index is 12.5. The molecule has 0 aliphatic carbocycles. The van der Waals surface area contributed by atoms with E-state index in [1.165, 1.54) is 0 Å². The molecule has 0 radical (unpaired) electrons. The van der Waals surface area contributed by atoms with Gasteiger partial charge in [-0.1, -0.05) is 24.3 Å². The highest BCUT2D eigenvalue weighted by atomic mass is 16.5. The maximum Gasteiger partial charge on any atom is 0.271 e. The van der Waals surface area contributed by atoms with Crippen LogP contribution in [0.2, 0.25) is 0 Å². The first-order chi connectivity index (χ1) is 17.5. The number of aromatic nitrogens is 1. The van der Waals surface area contributed by atoms with Gasteiger partial charge < -0.3 is 9.30 Å². The number of likely N-dealkylation sites (tertiary alicyclic amines) is 1. The first-order valence-electron chi connectivity index (χ1n) is 12.6. The molecule has 2 aliphatic heterocycles. The highest BCUT2D eigenvalue weighted by Gasteiger charge is 2.34. The van der Waals surface area contributed by atoms with Crippen LogP contribution < -0.4 is 15.7 Å². The smallest absolute Gasteiger partial charge is 0.271 e. The summed E-state index contributed by atoms with van der Waals surface area (Å²) >= 11 is 0. The van der Waals surface area contributed by atoms with Crippen molar-refractivity contribution >= 4 is 12.1 Å². The molecule has 2 atom stereocenters. The minimum atomic E-state index is -0.227. The van der Waals surface area contributed by atoms with Crippen molar-refractivity contribution in [3.05, 3.63) is 99.0 Å². The van der Waals surface area contributed by atoms with Crippen molar-refractivity contribution < 1.29 is 9.53 Å². The third-order valence-corrected chi connectivity index (χ3v) is 7.10. The van der Waals surface area contributed by atoms with Gasteiger partial charge in [-0.05, 0) is 67.6 Å². The molecule has 0 spiro atoms. The number of carbonyl (C=O) groups is 1. The summed E-state index contributed by atoms with van der Waals surface area (Å²) < 4.78 is 7.89. The fraction of sp³-hybridized carbons (Fsp3) is 0.345. The van der Waals surface area contributed by atoms with Gasteiger partial charge in [0.15, 0.2) is 0 Å². The van der Waals surface area contributed by atoms with Gasteiger partial charge in [-0.15, -0.1) is 0 Å². The van der Waals surface area contributed by atoms with Crippen molar-refractivity contribution in [2.45, 2.75) is 39.3 Å². The number of aryl methyl sites for hydroxylation is 1. The number of pyridine rings is 1. The van der Waals surface area contributed by atoms with Crippen molar-refractivity contribution in [1.82, 2.24) is 14.9 Å². The van der Waals surface area contributed by atoms with E-state index in [1.807, 2.05) is 54.8 Å². The number of piperidine rings is 1. The Labute approximate surface area is 211 Å². The van der Waals surface area contributed by atoms with Crippen LogP contribution in [0.25, 0.3) is 0 Å². The summed E-state index contributed by atoms with van der Waals surface area (Å²) in [6, 6.07) is 19.1. The number of hydrogen-bond acceptors (Lipinski definition) is 5. The number of hydrogen-bond donors (Lipinski definition) is 1. The van der Waals surface area contributed by atoms with E-state index in [1.54, 1.807) is 18.3 Å². The lowest BCUT2D eigenvalue weighted by molar-refractivity contribution is 0.0954. The summed E-state index contributed by atoms with van der Waals surface area (Å²) in [6.07, 6.45) is 2.80. The van der Waals surface area contributed by atoms with Crippen molar-refractivity contribution in [1.29, 1.82) is 0 Å². The Morgan fingerprint density at radius 2 is 1.97 bits per heavy atom. The molecule has 7 nitrogen and oxygen atoms in total. The second-order valence-corrected chi connectivity index (χ2v) is 9.71. The zero-order chi connectivity index (χ0) is 25.1. The van der Waals surface area contributed by atoms with Crippen LogP contribution in [0, 0.1) is 12.8 Å². The number of fused-ring (bicyclic) bond motifs is 4. The molecule has 36 heavy (non-hydrogen) atoms. The molecular weight excluding hydrogens is 452 g/mol. The Hall–Kier alpha value is -3.71. The molecule has 2 aromatic carbocycles. The predicted octanol–water partition coefficient (Wildman–Crippen LogP) is 3.94. The van der Waals surface area contributed by atoms with Gasteiger partial charge in [-0.25, -0.2) is 5.43 Å². The van der Waals surface area contributed by atoms with Crippen LogP contribution in [0.3, 0.4) is 0 Å². The van der Waals surface area contributed by atoms with Crippen LogP contribution in [-0.4, -0.2) is 41.3 Å². The van der Waals surface area contributed by atoms with Gasteiger partial charge in [0.1, 0.15) is 5.75 Å². The second kappa shape index (κ2) is 10.5. The molecular formula is C29H32N4O3.